The van der Waals surface area contributed by atoms with E-state index in [2.05, 4.69) is 95.8 Å². The van der Waals surface area contributed by atoms with Crippen LogP contribution in [0.3, 0.4) is 0 Å². The average Bonchev–Trinajstić information content (AvgIpc) is 3.71. The summed E-state index contributed by atoms with van der Waals surface area (Å²) in [4.78, 5) is 10.9. The predicted octanol–water partition coefficient (Wildman–Crippen LogP) is 14.7. The van der Waals surface area contributed by atoms with Crippen LogP contribution in [0.5, 0.6) is 0 Å². The Morgan fingerprint density at radius 3 is 1.55 bits per heavy atom. The maximum atomic E-state index is 10.9. The maximum absolute atomic E-state index is 10.9. The van der Waals surface area contributed by atoms with Gasteiger partial charge in [-0.25, -0.2) is 0 Å². The number of aldehydes is 1. The molecule has 0 heterocycles. The quantitative estimate of drug-likeness (QED) is 0.145. The fourth-order valence-corrected chi connectivity index (χ4v) is 16.7. The summed E-state index contributed by atoms with van der Waals surface area (Å²) in [5.41, 5.74) is 5.83. The van der Waals surface area contributed by atoms with Crippen molar-refractivity contribution in [2.75, 3.05) is 0 Å². The molecule has 0 saturated heterocycles. The number of allylic oxidation sites excluding steroid dienone is 4. The minimum atomic E-state index is 0. The van der Waals surface area contributed by atoms with Gasteiger partial charge in [-0.05, 0) is 208 Å². The number of terminal acetylenes is 1. The van der Waals surface area contributed by atoms with Gasteiger partial charge in [0.25, 0.3) is 0 Å². The summed E-state index contributed by atoms with van der Waals surface area (Å²) in [5.74, 6) is 13.7. The van der Waals surface area contributed by atoms with Crippen molar-refractivity contribution >= 4 is 37.5 Å². The molecule has 1 nitrogen and oxygen atoms in total. The van der Waals surface area contributed by atoms with Crippen LogP contribution < -0.4 is 0 Å². The lowest BCUT2D eigenvalue weighted by molar-refractivity contribution is -0.108. The van der Waals surface area contributed by atoms with Crippen LogP contribution in [0.25, 0.3) is 0 Å². The van der Waals surface area contributed by atoms with E-state index >= 15 is 0 Å². The zero-order chi connectivity index (χ0) is 39.8. The van der Waals surface area contributed by atoms with E-state index in [0.717, 1.165) is 99.5 Å². The van der Waals surface area contributed by atoms with Gasteiger partial charge in [-0.2, -0.15) is 0 Å². The molecule has 0 radical (unpaired) electrons. The van der Waals surface area contributed by atoms with Crippen LogP contribution in [0.2, 0.25) is 0 Å². The van der Waals surface area contributed by atoms with Crippen molar-refractivity contribution in [3.8, 4) is 12.3 Å². The first-order valence-electron chi connectivity index (χ1n) is 23.4. The summed E-state index contributed by atoms with van der Waals surface area (Å²) in [6, 6.07) is 0. The van der Waals surface area contributed by atoms with E-state index in [0.29, 0.717) is 27.6 Å². The first-order valence-corrected chi connectivity index (χ1v) is 26.1. The van der Waals surface area contributed by atoms with Gasteiger partial charge in [0.2, 0.25) is 0 Å². The Hall–Kier alpha value is -0.630. The third kappa shape index (κ3) is 8.48. The number of carbonyl (C=O) groups is 1. The minimum Gasteiger partial charge on any atom is -0.303 e. The highest BCUT2D eigenvalue weighted by Gasteiger charge is 2.60. The predicted molar refractivity (Wildman–Crippen MR) is 249 cm³/mol. The molecule has 8 rings (SSSR count). The molecular formula is C52H84OS3. The molecule has 16 atom stereocenters. The number of hydrogen-bond donors (Lipinski definition) is 0. The standard InChI is InChI=1S/C26H40.C25H40O.CH4.S3/c1-6-7-8-19(3)22-11-12-23-21-10-9-20-17-18(2)13-15-25(20,4)24(21)14-16-26(22,23)5;1-17-11-13-24(3)19(16-17)7-8-20-22-10-9-21(18(2)6-5-15-26)25(22,4)14-12-23(20)24;;1-3-2/h1,9,18-19,21-24H,7-8,10-17H2,2-5H3;7,15,17-18,20-23H,5-6,8-14,16H2,1-4H3;1H4;/t18-,19+,21-,22+,23-,24-,25-,26+;17-,18+,20-,21+,22-,23-,24-,25+;;/m00../s1. The van der Waals surface area contributed by atoms with Gasteiger partial charge in [0.15, 0.2) is 0 Å². The van der Waals surface area contributed by atoms with Crippen LogP contribution in [0.15, 0.2) is 23.3 Å². The molecule has 0 aromatic heterocycles. The second kappa shape index (κ2) is 19.0. The molecule has 316 valence electrons. The first-order chi connectivity index (χ1) is 26.2. The summed E-state index contributed by atoms with van der Waals surface area (Å²) in [5, 5.41) is 0. The normalized spacial score (nSPS) is 45.4. The van der Waals surface area contributed by atoms with Gasteiger partial charge >= 0.3 is 0 Å². The van der Waals surface area contributed by atoms with E-state index in [1.807, 2.05) is 11.1 Å². The third-order valence-electron chi connectivity index (χ3n) is 19.7. The summed E-state index contributed by atoms with van der Waals surface area (Å²) >= 11 is 8.25. The molecule has 0 spiro atoms. The Kier molecular flexibility index (Phi) is 15.7. The van der Waals surface area contributed by atoms with Crippen LogP contribution in [0.4, 0.5) is 0 Å². The van der Waals surface area contributed by atoms with Crippen molar-refractivity contribution < 1.29 is 4.79 Å². The number of hydrogen-bond acceptors (Lipinski definition) is 3. The van der Waals surface area contributed by atoms with Crippen molar-refractivity contribution in [2.24, 2.45) is 92.7 Å². The van der Waals surface area contributed by atoms with Gasteiger partial charge in [-0.3, -0.25) is 0 Å². The van der Waals surface area contributed by atoms with Gasteiger partial charge < -0.3 is 4.79 Å². The molecule has 6 saturated carbocycles. The largest absolute Gasteiger partial charge is 0.303 e. The Morgan fingerprint density at radius 2 is 1.14 bits per heavy atom. The number of rotatable bonds is 7. The van der Waals surface area contributed by atoms with E-state index < -0.39 is 0 Å². The smallest absolute Gasteiger partial charge is 0.120 e. The molecule has 4 heteroatoms. The molecule has 0 amide bonds. The zero-order valence-electron chi connectivity index (χ0n) is 36.5. The van der Waals surface area contributed by atoms with Crippen LogP contribution >= 0.6 is 0 Å². The van der Waals surface area contributed by atoms with Gasteiger partial charge in [0.05, 0.1) is 0 Å². The van der Waals surface area contributed by atoms with Gasteiger partial charge in [-0.1, -0.05) is 86.1 Å². The van der Waals surface area contributed by atoms with Crippen molar-refractivity contribution in [2.45, 2.75) is 191 Å². The topological polar surface area (TPSA) is 17.1 Å². The third-order valence-corrected chi connectivity index (χ3v) is 19.7. The van der Waals surface area contributed by atoms with Gasteiger partial charge in [0, 0.05) is 44.1 Å². The lowest BCUT2D eigenvalue weighted by Gasteiger charge is -2.58. The van der Waals surface area contributed by atoms with E-state index in [9.17, 15) is 4.79 Å². The molecule has 0 bridgehead atoms. The summed E-state index contributed by atoms with van der Waals surface area (Å²) in [6.07, 6.45) is 39.1. The molecule has 0 aromatic carbocycles. The Bertz CT molecular complexity index is 1500. The van der Waals surface area contributed by atoms with Crippen molar-refractivity contribution in [3.63, 3.8) is 0 Å². The van der Waals surface area contributed by atoms with Gasteiger partial charge in [0.1, 0.15) is 6.29 Å². The summed E-state index contributed by atoms with van der Waals surface area (Å²) < 4.78 is 0. The SMILES string of the molecule is C.C#CCC[C@@H](C)[C@H]1CC[C@H]2[C@@H]3CC=C4C[C@@H](C)CC[C@]4(C)[C@H]3CC[C@]12C.C[C@H]1CC[C@@]2(C)C(=CC[C@H]3[C@@H]4CC[C@H]([C@H](C)CCC=O)[C@@]4(C)CC[C@@H]32)C1.S=S=S. The Balaban J connectivity index is 0.000000197. The highest BCUT2D eigenvalue weighted by Crippen LogP contribution is 2.69. The lowest BCUT2D eigenvalue weighted by atomic mass is 9.46. The molecule has 0 unspecified atom stereocenters. The molecule has 8 aliphatic carbocycles. The summed E-state index contributed by atoms with van der Waals surface area (Å²) in [7, 11) is 0.917. The highest BCUT2D eigenvalue weighted by atomic mass is 33.1. The maximum Gasteiger partial charge on any atom is 0.120 e. The number of fused-ring (bicyclic) bond motifs is 10. The molecule has 0 N–H and O–H groups in total. The van der Waals surface area contributed by atoms with E-state index in [1.165, 1.54) is 109 Å². The van der Waals surface area contributed by atoms with Crippen LogP contribution in [-0.4, -0.2) is 6.29 Å². The molecule has 0 aromatic rings. The fraction of sp³-hybridized carbons (Fsp3) is 0.865. The molecular weight excluding hydrogens is 737 g/mol. The molecule has 6 fully saturated rings. The van der Waals surface area contributed by atoms with Crippen LogP contribution in [0.1, 0.15) is 191 Å². The average molecular weight is 821 g/mol. The van der Waals surface area contributed by atoms with Crippen molar-refractivity contribution in [1.82, 2.24) is 0 Å². The van der Waals surface area contributed by atoms with E-state index in [4.69, 9.17) is 6.42 Å². The van der Waals surface area contributed by atoms with Crippen molar-refractivity contribution in [3.05, 3.63) is 23.3 Å². The fourth-order valence-electron chi connectivity index (χ4n) is 16.7. The van der Waals surface area contributed by atoms with Crippen LogP contribution in [-0.2, 0) is 36.1 Å². The Morgan fingerprint density at radius 1 is 0.714 bits per heavy atom. The zero-order valence-corrected chi connectivity index (χ0v) is 39.0. The Labute approximate surface area is 359 Å². The first kappa shape index (κ1) is 46.4. The molecule has 0 aliphatic heterocycles. The lowest BCUT2D eigenvalue weighted by Crippen LogP contribution is -2.50. The van der Waals surface area contributed by atoms with Crippen molar-refractivity contribution in [1.29, 1.82) is 0 Å². The van der Waals surface area contributed by atoms with Gasteiger partial charge in [-0.15, -0.1) is 12.3 Å². The molecule has 8 aliphatic rings. The summed E-state index contributed by atoms with van der Waals surface area (Å²) in [6.45, 7) is 20.4. The molecule has 56 heavy (non-hydrogen) atoms. The second-order valence-corrected chi connectivity index (χ2v) is 23.9. The highest BCUT2D eigenvalue weighted by molar-refractivity contribution is 8.37. The van der Waals surface area contributed by atoms with E-state index in [-0.39, 0.29) is 7.43 Å². The second-order valence-electron chi connectivity index (χ2n) is 22.2. The van der Waals surface area contributed by atoms with Crippen LogP contribution in [0, 0.1) is 105 Å². The number of carbonyl (C=O) groups excluding carboxylic acids is 1. The minimum absolute atomic E-state index is 0. The monoisotopic (exact) mass is 821 g/mol. The van der Waals surface area contributed by atoms with E-state index in [1.54, 1.807) is 0 Å².